The molecule has 0 aliphatic rings. The number of benzene rings is 1. The second-order valence-electron chi connectivity index (χ2n) is 4.01. The van der Waals surface area contributed by atoms with Gasteiger partial charge in [0.2, 0.25) is 0 Å². The van der Waals surface area contributed by atoms with E-state index in [4.69, 9.17) is 5.73 Å². The summed E-state index contributed by atoms with van der Waals surface area (Å²) in [5.41, 5.74) is 7.39. The van der Waals surface area contributed by atoms with Gasteiger partial charge >= 0.3 is 0 Å². The van der Waals surface area contributed by atoms with Crippen LogP contribution < -0.4 is 5.73 Å². The van der Waals surface area contributed by atoms with Gasteiger partial charge in [0.1, 0.15) is 5.69 Å². The maximum absolute atomic E-state index is 11.5. The first kappa shape index (κ1) is 11.7. The van der Waals surface area contributed by atoms with Crippen LogP contribution in [-0.2, 0) is 0 Å². The molecule has 0 fully saturated rings. The second-order valence-corrected chi connectivity index (χ2v) is 4.96. The second kappa shape index (κ2) is 4.70. The first-order valence-electron chi connectivity index (χ1n) is 5.74. The molecule has 4 nitrogen and oxygen atoms in total. The smallest absolute Gasteiger partial charge is 0.252 e. The molecule has 1 aromatic carbocycles. The first-order chi connectivity index (χ1) is 9.25. The van der Waals surface area contributed by atoms with Gasteiger partial charge in [0.05, 0.1) is 16.1 Å². The van der Waals surface area contributed by atoms with Gasteiger partial charge in [-0.15, -0.1) is 11.3 Å². The molecule has 3 aromatic rings. The molecule has 0 spiro atoms. The van der Waals surface area contributed by atoms with Crippen molar-refractivity contribution in [1.29, 1.82) is 0 Å². The quantitative estimate of drug-likeness (QED) is 0.794. The molecule has 0 saturated heterocycles. The molecule has 0 radical (unpaired) electrons. The van der Waals surface area contributed by atoms with Crippen molar-refractivity contribution < 1.29 is 4.79 Å². The molecular weight excluding hydrogens is 258 g/mol. The van der Waals surface area contributed by atoms with Gasteiger partial charge in [-0.05, 0) is 23.6 Å². The topological polar surface area (TPSA) is 60.9 Å². The summed E-state index contributed by atoms with van der Waals surface area (Å²) in [6, 6.07) is 13.5. The fraction of sp³-hybridized carbons (Fsp3) is 0. The van der Waals surface area contributed by atoms with E-state index in [1.807, 2.05) is 47.8 Å². The maximum Gasteiger partial charge on any atom is 0.252 e. The minimum atomic E-state index is -0.467. The highest BCUT2D eigenvalue weighted by Gasteiger charge is 2.16. The zero-order valence-corrected chi connectivity index (χ0v) is 10.8. The Kier molecular flexibility index (Phi) is 2.89. The fourth-order valence-corrected chi connectivity index (χ4v) is 2.59. The summed E-state index contributed by atoms with van der Waals surface area (Å²) >= 11 is 1.53. The van der Waals surface area contributed by atoms with Crippen LogP contribution in [0.2, 0.25) is 0 Å². The molecule has 2 aromatic heterocycles. The van der Waals surface area contributed by atoms with E-state index in [1.165, 1.54) is 11.3 Å². The molecular formula is C14H11N3OS. The van der Waals surface area contributed by atoms with Crippen molar-refractivity contribution in [3.8, 4) is 16.3 Å². The van der Waals surface area contributed by atoms with Crippen molar-refractivity contribution >= 4 is 17.2 Å². The highest BCUT2D eigenvalue weighted by molar-refractivity contribution is 7.13. The molecule has 0 aliphatic heterocycles. The van der Waals surface area contributed by atoms with E-state index >= 15 is 0 Å². The summed E-state index contributed by atoms with van der Waals surface area (Å²) in [6.07, 6.45) is 1.67. The van der Waals surface area contributed by atoms with Crippen molar-refractivity contribution in [1.82, 2.24) is 9.78 Å². The molecule has 1 amide bonds. The van der Waals surface area contributed by atoms with Crippen LogP contribution in [-0.4, -0.2) is 15.7 Å². The van der Waals surface area contributed by atoms with Crippen LogP contribution in [0.4, 0.5) is 0 Å². The van der Waals surface area contributed by atoms with Gasteiger partial charge in [-0.25, -0.2) is 4.68 Å². The van der Waals surface area contributed by atoms with E-state index in [9.17, 15) is 4.79 Å². The highest BCUT2D eigenvalue weighted by Crippen LogP contribution is 2.27. The molecule has 0 saturated carbocycles. The molecule has 19 heavy (non-hydrogen) atoms. The number of thiophene rings is 1. The number of carbonyl (C=O) groups excluding carboxylic acids is 1. The largest absolute Gasteiger partial charge is 0.365 e. The summed E-state index contributed by atoms with van der Waals surface area (Å²) in [5.74, 6) is -0.467. The van der Waals surface area contributed by atoms with E-state index in [-0.39, 0.29) is 0 Å². The van der Waals surface area contributed by atoms with Crippen LogP contribution in [0.5, 0.6) is 0 Å². The molecule has 2 heterocycles. The third-order valence-corrected chi connectivity index (χ3v) is 3.63. The predicted molar refractivity (Wildman–Crippen MR) is 75.4 cm³/mol. The van der Waals surface area contributed by atoms with Gasteiger partial charge in [-0.2, -0.15) is 5.10 Å². The van der Waals surface area contributed by atoms with Crippen molar-refractivity contribution in [2.24, 2.45) is 5.73 Å². The number of amides is 1. The van der Waals surface area contributed by atoms with Gasteiger partial charge in [-0.1, -0.05) is 24.3 Å². The summed E-state index contributed by atoms with van der Waals surface area (Å²) in [6.45, 7) is 0. The van der Waals surface area contributed by atoms with Crippen molar-refractivity contribution in [3.63, 3.8) is 0 Å². The standard InChI is InChI=1S/C14H11N3OS/c15-14(18)11-9-17(10-5-2-1-3-6-10)16-13(11)12-7-4-8-19-12/h1-9H,(H2,15,18). The average Bonchev–Trinajstić information content (AvgIpc) is 3.08. The monoisotopic (exact) mass is 269 g/mol. The Morgan fingerprint density at radius 2 is 1.95 bits per heavy atom. The van der Waals surface area contributed by atoms with E-state index in [1.54, 1.807) is 10.9 Å². The van der Waals surface area contributed by atoms with Crippen LogP contribution in [0.1, 0.15) is 10.4 Å². The maximum atomic E-state index is 11.5. The Balaban J connectivity index is 2.15. The molecule has 0 atom stereocenters. The molecule has 0 aliphatic carbocycles. The Labute approximate surface area is 114 Å². The Bertz CT molecular complexity index is 702. The lowest BCUT2D eigenvalue weighted by Crippen LogP contribution is -2.10. The molecule has 3 rings (SSSR count). The van der Waals surface area contributed by atoms with Gasteiger partial charge in [0.25, 0.3) is 5.91 Å². The number of rotatable bonds is 3. The van der Waals surface area contributed by atoms with E-state index < -0.39 is 5.91 Å². The number of nitrogens with two attached hydrogens (primary N) is 1. The number of hydrogen-bond acceptors (Lipinski definition) is 3. The van der Waals surface area contributed by atoms with E-state index in [2.05, 4.69) is 5.10 Å². The van der Waals surface area contributed by atoms with E-state index in [0.717, 1.165) is 10.6 Å². The van der Waals surface area contributed by atoms with Gasteiger partial charge in [0.15, 0.2) is 0 Å². The lowest BCUT2D eigenvalue weighted by molar-refractivity contribution is 0.100. The summed E-state index contributed by atoms with van der Waals surface area (Å²) in [4.78, 5) is 12.5. The molecule has 2 N–H and O–H groups in total. The third-order valence-electron chi connectivity index (χ3n) is 2.76. The minimum absolute atomic E-state index is 0.436. The lowest BCUT2D eigenvalue weighted by atomic mass is 10.2. The SMILES string of the molecule is NC(=O)c1cn(-c2ccccc2)nc1-c1cccs1. The Morgan fingerprint density at radius 3 is 2.58 bits per heavy atom. The third kappa shape index (κ3) is 2.15. The summed E-state index contributed by atoms with van der Waals surface area (Å²) in [7, 11) is 0. The Morgan fingerprint density at radius 1 is 1.16 bits per heavy atom. The van der Waals surface area contributed by atoms with Gasteiger partial charge in [0, 0.05) is 6.20 Å². The number of hydrogen-bond donors (Lipinski definition) is 1. The van der Waals surface area contributed by atoms with Crippen LogP contribution >= 0.6 is 11.3 Å². The van der Waals surface area contributed by atoms with Crippen LogP contribution in [0, 0.1) is 0 Å². The summed E-state index contributed by atoms with van der Waals surface area (Å²) in [5, 5.41) is 6.42. The average molecular weight is 269 g/mol. The first-order valence-corrected chi connectivity index (χ1v) is 6.62. The molecule has 94 valence electrons. The van der Waals surface area contributed by atoms with E-state index in [0.29, 0.717) is 11.3 Å². The van der Waals surface area contributed by atoms with Gasteiger partial charge in [-0.3, -0.25) is 4.79 Å². The zero-order chi connectivity index (χ0) is 13.2. The van der Waals surface area contributed by atoms with Crippen molar-refractivity contribution in [2.75, 3.05) is 0 Å². The number of aromatic nitrogens is 2. The predicted octanol–water partition coefficient (Wildman–Crippen LogP) is 2.70. The van der Waals surface area contributed by atoms with Crippen molar-refractivity contribution in [2.45, 2.75) is 0 Å². The molecule has 0 bridgehead atoms. The Hall–Kier alpha value is -2.40. The van der Waals surface area contributed by atoms with Gasteiger partial charge < -0.3 is 5.73 Å². The fourth-order valence-electron chi connectivity index (χ4n) is 1.86. The molecule has 0 unspecified atom stereocenters. The van der Waals surface area contributed by atoms with Crippen LogP contribution in [0.3, 0.4) is 0 Å². The van der Waals surface area contributed by atoms with Crippen LogP contribution in [0.25, 0.3) is 16.3 Å². The minimum Gasteiger partial charge on any atom is -0.365 e. The lowest BCUT2D eigenvalue weighted by Gasteiger charge is -1.98. The number of carbonyl (C=O) groups is 1. The zero-order valence-electron chi connectivity index (χ0n) is 9.98. The number of para-hydroxylation sites is 1. The normalized spacial score (nSPS) is 10.5. The molecule has 5 heteroatoms. The number of nitrogens with zero attached hydrogens (tertiary/aromatic N) is 2. The number of primary amides is 1. The van der Waals surface area contributed by atoms with Crippen molar-refractivity contribution in [3.05, 3.63) is 59.6 Å². The van der Waals surface area contributed by atoms with Crippen LogP contribution in [0.15, 0.2) is 54.0 Å². The highest BCUT2D eigenvalue weighted by atomic mass is 32.1. The summed E-state index contributed by atoms with van der Waals surface area (Å²) < 4.78 is 1.68.